The molecule has 0 saturated carbocycles. The number of ether oxygens (including phenoxy) is 1. The van der Waals surface area contributed by atoms with Crippen LogP contribution in [-0.4, -0.2) is 66.9 Å². The number of pyridine rings is 1. The van der Waals surface area contributed by atoms with Crippen molar-refractivity contribution in [1.29, 1.82) is 0 Å². The van der Waals surface area contributed by atoms with Crippen molar-refractivity contribution in [3.63, 3.8) is 0 Å². The Morgan fingerprint density at radius 3 is 2.53 bits per heavy atom. The average molecular weight is 511 g/mol. The zero-order chi connectivity index (χ0) is 26.2. The van der Waals surface area contributed by atoms with E-state index in [0.717, 1.165) is 23.5 Å². The summed E-state index contributed by atoms with van der Waals surface area (Å²) in [5.41, 5.74) is 0.538. The third-order valence-electron chi connectivity index (χ3n) is 5.83. The predicted molar refractivity (Wildman–Crippen MR) is 117 cm³/mol. The van der Waals surface area contributed by atoms with Gasteiger partial charge >= 0.3 is 6.11 Å². The molecule has 14 heteroatoms. The molecule has 0 aromatic carbocycles. The highest BCUT2D eigenvalue weighted by molar-refractivity contribution is 5.99. The number of alkyl halides is 4. The average Bonchev–Trinajstić information content (AvgIpc) is 3.12. The fourth-order valence-corrected chi connectivity index (χ4v) is 3.92. The number of nitrogens with zero attached hydrogens (tertiary/aromatic N) is 6. The monoisotopic (exact) mass is 511 g/mol. The summed E-state index contributed by atoms with van der Waals surface area (Å²) >= 11 is 0. The molecule has 0 bridgehead atoms. The molecule has 9 nitrogen and oxygen atoms in total. The first kappa shape index (κ1) is 25.4. The zero-order valence-electron chi connectivity index (χ0n) is 19.4. The molecule has 4 heterocycles. The lowest BCUT2D eigenvalue weighted by molar-refractivity contribution is -0.298. The minimum absolute atomic E-state index is 0.0267. The maximum Gasteiger partial charge on any atom is 0.373 e. The number of carbonyl (C=O) groups is 1. The van der Waals surface area contributed by atoms with Crippen LogP contribution >= 0.6 is 0 Å². The van der Waals surface area contributed by atoms with Crippen molar-refractivity contribution in [1.82, 2.24) is 29.6 Å². The van der Waals surface area contributed by atoms with Crippen molar-refractivity contribution in [3.8, 4) is 11.3 Å². The maximum absolute atomic E-state index is 14.4. The molecule has 1 amide bonds. The molecule has 1 aliphatic heterocycles. The van der Waals surface area contributed by atoms with E-state index in [2.05, 4.69) is 25.4 Å². The highest BCUT2D eigenvalue weighted by atomic mass is 19.3. The lowest BCUT2D eigenvalue weighted by Gasteiger charge is -2.43. The van der Waals surface area contributed by atoms with Crippen molar-refractivity contribution in [3.05, 3.63) is 53.5 Å². The van der Waals surface area contributed by atoms with Crippen molar-refractivity contribution in [2.24, 2.45) is 7.05 Å². The summed E-state index contributed by atoms with van der Waals surface area (Å²) in [5.74, 6) is -1.42. The number of carbonyl (C=O) groups excluding carboxylic acids is 1. The third kappa shape index (κ3) is 5.12. The van der Waals surface area contributed by atoms with Gasteiger partial charge in [0.25, 0.3) is 12.3 Å². The van der Waals surface area contributed by atoms with Crippen LogP contribution in [0.5, 0.6) is 0 Å². The van der Waals surface area contributed by atoms with Gasteiger partial charge in [-0.2, -0.15) is 13.9 Å². The second-order valence-electron chi connectivity index (χ2n) is 8.28. The van der Waals surface area contributed by atoms with Crippen LogP contribution in [0.4, 0.5) is 27.9 Å². The van der Waals surface area contributed by atoms with E-state index in [-0.39, 0.29) is 35.0 Å². The quantitative estimate of drug-likeness (QED) is 0.505. The second kappa shape index (κ2) is 9.76. The van der Waals surface area contributed by atoms with Gasteiger partial charge in [0.05, 0.1) is 35.2 Å². The number of aryl methyl sites for hydroxylation is 1. The van der Waals surface area contributed by atoms with Crippen molar-refractivity contribution < 1.29 is 31.5 Å². The van der Waals surface area contributed by atoms with Gasteiger partial charge in [0.2, 0.25) is 5.95 Å². The highest BCUT2D eigenvalue weighted by Gasteiger charge is 2.48. The molecule has 1 aliphatic rings. The first-order valence-electron chi connectivity index (χ1n) is 10.8. The largest absolute Gasteiger partial charge is 0.373 e. The van der Waals surface area contributed by atoms with Crippen LogP contribution in [0.15, 0.2) is 30.7 Å². The Hall–Kier alpha value is -3.68. The number of halogens is 5. The van der Waals surface area contributed by atoms with E-state index in [9.17, 15) is 26.7 Å². The minimum atomic E-state index is -3.63. The number of hydrogen-bond donors (Lipinski definition) is 1. The Morgan fingerprint density at radius 2 is 1.92 bits per heavy atom. The molecule has 192 valence electrons. The normalized spacial score (nSPS) is 19.5. The van der Waals surface area contributed by atoms with E-state index in [1.807, 2.05) is 0 Å². The van der Waals surface area contributed by atoms with Crippen LogP contribution in [0.1, 0.15) is 35.1 Å². The molecule has 0 radical (unpaired) electrons. The topological polar surface area (TPSA) is 98.1 Å². The van der Waals surface area contributed by atoms with Gasteiger partial charge in [0.15, 0.2) is 5.69 Å². The number of rotatable bonds is 6. The molecule has 2 atom stereocenters. The Balaban J connectivity index is 1.64. The van der Waals surface area contributed by atoms with Gasteiger partial charge in [-0.1, -0.05) is 0 Å². The van der Waals surface area contributed by atoms with Gasteiger partial charge in [-0.25, -0.2) is 23.1 Å². The molecule has 0 unspecified atom stereocenters. The number of hydrogen-bond acceptors (Lipinski definition) is 7. The van der Waals surface area contributed by atoms with E-state index in [1.54, 1.807) is 14.0 Å². The summed E-state index contributed by atoms with van der Waals surface area (Å²) in [4.78, 5) is 26.2. The van der Waals surface area contributed by atoms with Gasteiger partial charge in [0.1, 0.15) is 12.4 Å². The zero-order valence-corrected chi connectivity index (χ0v) is 19.4. The van der Waals surface area contributed by atoms with Crippen LogP contribution in [0.3, 0.4) is 0 Å². The molecular formula is C22H22F5N7O2. The lowest BCUT2D eigenvalue weighted by atomic mass is 10.0. The second-order valence-corrected chi connectivity index (χ2v) is 8.28. The van der Waals surface area contributed by atoms with E-state index in [1.165, 1.54) is 23.7 Å². The van der Waals surface area contributed by atoms with Gasteiger partial charge in [-0.05, 0) is 26.0 Å². The fourth-order valence-electron chi connectivity index (χ4n) is 3.92. The van der Waals surface area contributed by atoms with Crippen molar-refractivity contribution in [2.75, 3.05) is 18.4 Å². The first-order chi connectivity index (χ1) is 17.0. The van der Waals surface area contributed by atoms with Crippen molar-refractivity contribution in [2.45, 2.75) is 38.5 Å². The van der Waals surface area contributed by atoms with E-state index in [0.29, 0.717) is 5.69 Å². The number of anilines is 1. The molecule has 3 aromatic rings. The Bertz CT molecular complexity index is 1230. The molecule has 3 aromatic heterocycles. The third-order valence-corrected chi connectivity index (χ3v) is 5.83. The molecule has 0 spiro atoms. The van der Waals surface area contributed by atoms with Gasteiger partial charge in [-0.3, -0.25) is 14.5 Å². The van der Waals surface area contributed by atoms with Crippen LogP contribution in [-0.2, 0) is 11.8 Å². The number of amides is 1. The molecular weight excluding hydrogens is 489 g/mol. The molecule has 1 saturated heterocycles. The Kier molecular flexibility index (Phi) is 6.89. The molecule has 1 fully saturated rings. The van der Waals surface area contributed by atoms with Crippen LogP contribution < -0.4 is 5.32 Å². The minimum Gasteiger partial charge on any atom is -0.352 e. The summed E-state index contributed by atoms with van der Waals surface area (Å²) in [6.07, 6.45) is -4.63. The van der Waals surface area contributed by atoms with Crippen LogP contribution in [0, 0.1) is 12.7 Å². The summed E-state index contributed by atoms with van der Waals surface area (Å²) < 4.78 is 73.9. The SMILES string of the molecule is Cc1c(-c2ccc(F)cn2)c(C(=O)N2CC(F)(F)O[C@@H](C)[C@H]2CNc2ncc(C(F)F)cn2)nn1C. The predicted octanol–water partition coefficient (Wildman–Crippen LogP) is 3.59. The standard InChI is InChI=1S/C22H22F5N7O2/c1-11-17(15-5-4-14(23)8-28-15)18(32-33(11)3)20(35)34-10-22(26,27)36-12(2)16(34)9-31-21-29-6-13(7-30-21)19(24)25/h4-8,12,16,19H,9-10H2,1-3H3,(H,29,30,31)/t12-,16+/m0/s1. The van der Waals surface area contributed by atoms with E-state index >= 15 is 0 Å². The summed E-state index contributed by atoms with van der Waals surface area (Å²) in [7, 11) is 1.58. The first-order valence-corrected chi connectivity index (χ1v) is 10.8. The lowest BCUT2D eigenvalue weighted by Crippen LogP contribution is -2.61. The Morgan fingerprint density at radius 1 is 1.22 bits per heavy atom. The smallest absolute Gasteiger partial charge is 0.352 e. The van der Waals surface area contributed by atoms with E-state index in [4.69, 9.17) is 4.74 Å². The molecule has 4 rings (SSSR count). The molecule has 1 N–H and O–H groups in total. The summed E-state index contributed by atoms with van der Waals surface area (Å²) in [6, 6.07) is 1.61. The summed E-state index contributed by atoms with van der Waals surface area (Å²) in [6.45, 7) is 1.87. The molecule has 0 aliphatic carbocycles. The van der Waals surface area contributed by atoms with Crippen LogP contribution in [0.2, 0.25) is 0 Å². The number of nitrogens with one attached hydrogen (secondary N) is 1. The van der Waals surface area contributed by atoms with Gasteiger partial charge < -0.3 is 15.0 Å². The highest BCUT2D eigenvalue weighted by Crippen LogP contribution is 2.33. The van der Waals surface area contributed by atoms with Gasteiger partial charge in [-0.15, -0.1) is 0 Å². The Labute approximate surface area is 202 Å². The van der Waals surface area contributed by atoms with Crippen LogP contribution in [0.25, 0.3) is 11.3 Å². The number of morpholine rings is 1. The fraction of sp³-hybridized carbons (Fsp3) is 0.409. The molecule has 36 heavy (non-hydrogen) atoms. The van der Waals surface area contributed by atoms with E-state index < -0.39 is 42.9 Å². The van der Waals surface area contributed by atoms with Crippen molar-refractivity contribution >= 4 is 11.9 Å². The van der Waals surface area contributed by atoms with Gasteiger partial charge in [0, 0.05) is 31.7 Å². The number of aromatic nitrogens is 5. The summed E-state index contributed by atoms with van der Waals surface area (Å²) in [5, 5.41) is 7.00. The maximum atomic E-state index is 14.4.